The number of hydrazone groups is 1. The first-order valence-corrected chi connectivity index (χ1v) is 5.77. The van der Waals surface area contributed by atoms with Crippen LogP contribution in [-0.4, -0.2) is 81.9 Å². The Labute approximate surface area is 113 Å². The maximum Gasteiger partial charge on any atom is 0.170 e. The highest BCUT2D eigenvalue weighted by atomic mass is 16.4. The maximum atomic E-state index is 9.51. The van der Waals surface area contributed by atoms with Gasteiger partial charge in [-0.25, -0.2) is 15.0 Å². The van der Waals surface area contributed by atoms with Crippen molar-refractivity contribution in [3.63, 3.8) is 0 Å². The molecule has 0 aliphatic carbocycles. The summed E-state index contributed by atoms with van der Waals surface area (Å²) >= 11 is 0. The molecule has 2 heterocycles. The Morgan fingerprint density at radius 1 is 1.30 bits per heavy atom. The van der Waals surface area contributed by atoms with Crippen molar-refractivity contribution in [1.82, 2.24) is 5.43 Å². The molecule has 0 saturated carbocycles. The lowest BCUT2D eigenvalue weighted by atomic mass is 10.1. The number of hydrogen-bond acceptors (Lipinski definition) is 10. The number of aliphatic hydroxyl groups is 4. The number of nitrogens with one attached hydrogen (secondary N) is 1. The molecule has 0 spiro atoms. The molecule has 20 heavy (non-hydrogen) atoms. The van der Waals surface area contributed by atoms with Gasteiger partial charge >= 0.3 is 0 Å². The van der Waals surface area contributed by atoms with E-state index in [1.54, 1.807) is 0 Å². The van der Waals surface area contributed by atoms with Gasteiger partial charge in [-0.15, -0.1) is 0 Å². The highest BCUT2D eigenvalue weighted by Crippen LogP contribution is 2.07. The molecule has 0 radical (unpaired) electrons. The van der Waals surface area contributed by atoms with Crippen LogP contribution in [0.15, 0.2) is 25.1 Å². The van der Waals surface area contributed by atoms with Crippen LogP contribution < -0.4 is 5.43 Å². The fourth-order valence-electron chi connectivity index (χ4n) is 1.51. The van der Waals surface area contributed by atoms with E-state index < -0.39 is 31.0 Å². The third-order valence-corrected chi connectivity index (χ3v) is 2.63. The normalized spacial score (nSPS) is 25.1. The predicted octanol–water partition coefficient (Wildman–Crippen LogP) is -3.11. The molecular formula is C10H14N6O4. The maximum absolute atomic E-state index is 9.51. The molecule has 10 heteroatoms. The zero-order chi connectivity index (χ0) is 14.5. The van der Waals surface area contributed by atoms with Crippen LogP contribution in [0.3, 0.4) is 0 Å². The van der Waals surface area contributed by atoms with Gasteiger partial charge in [-0.2, -0.15) is 5.10 Å². The van der Waals surface area contributed by atoms with Gasteiger partial charge in [0.1, 0.15) is 31.0 Å². The van der Waals surface area contributed by atoms with Crippen LogP contribution in [0.1, 0.15) is 0 Å². The second kappa shape index (κ2) is 6.43. The van der Waals surface area contributed by atoms with Crippen molar-refractivity contribution < 1.29 is 20.4 Å². The summed E-state index contributed by atoms with van der Waals surface area (Å²) in [6.07, 6.45) is -0.797. The van der Waals surface area contributed by atoms with Gasteiger partial charge in [-0.3, -0.25) is 10.4 Å². The molecule has 0 aromatic heterocycles. The third kappa shape index (κ3) is 3.11. The van der Waals surface area contributed by atoms with E-state index in [0.717, 1.165) is 6.21 Å². The molecule has 0 bridgehead atoms. The van der Waals surface area contributed by atoms with E-state index in [2.05, 4.69) is 30.5 Å². The minimum atomic E-state index is -1.54. The number of hydrogen-bond donors (Lipinski definition) is 5. The summed E-state index contributed by atoms with van der Waals surface area (Å²) in [5.74, 6) is 0.849. The molecule has 0 amide bonds. The highest BCUT2D eigenvalue weighted by Gasteiger charge is 2.26. The molecule has 4 unspecified atom stereocenters. The van der Waals surface area contributed by atoms with E-state index in [-0.39, 0.29) is 0 Å². The molecule has 0 aromatic rings. The van der Waals surface area contributed by atoms with Gasteiger partial charge in [0.25, 0.3) is 0 Å². The van der Waals surface area contributed by atoms with Crippen LogP contribution in [0, 0.1) is 0 Å². The summed E-state index contributed by atoms with van der Waals surface area (Å²) in [7, 11) is 0. The molecule has 4 atom stereocenters. The number of nitrogens with zero attached hydrogens (tertiary/aromatic N) is 5. The van der Waals surface area contributed by atoms with Crippen molar-refractivity contribution in [2.24, 2.45) is 25.1 Å². The van der Waals surface area contributed by atoms with E-state index in [1.165, 1.54) is 12.7 Å². The molecule has 10 nitrogen and oxygen atoms in total. The Morgan fingerprint density at radius 2 is 2.10 bits per heavy atom. The second-order valence-electron chi connectivity index (χ2n) is 4.03. The third-order valence-electron chi connectivity index (χ3n) is 2.63. The SMILES string of the molecule is OCC(O)C(O)C(O)/C=N/NC1=NC=NC2=NC=NC21. The summed E-state index contributed by atoms with van der Waals surface area (Å²) in [6.45, 7) is -0.667. The Kier molecular flexibility index (Phi) is 4.63. The van der Waals surface area contributed by atoms with Gasteiger partial charge in [0.2, 0.25) is 0 Å². The van der Waals surface area contributed by atoms with E-state index in [9.17, 15) is 10.2 Å². The first kappa shape index (κ1) is 14.4. The standard InChI is InChI=1S/C10H14N6O4/c17-2-6(19)8(20)5(18)1-15-16-10-7-9(12-3-11-7)13-4-14-10/h1,3-8,17-20H,2H2,(H,11,12,13,14,16)/b15-1+. The average Bonchev–Trinajstić information content (AvgIpc) is 2.94. The molecular weight excluding hydrogens is 268 g/mol. The number of rotatable bonds is 5. The first-order valence-electron chi connectivity index (χ1n) is 5.77. The Bertz CT molecular complexity index is 500. The lowest BCUT2D eigenvalue weighted by Gasteiger charge is -2.18. The molecule has 0 saturated heterocycles. The van der Waals surface area contributed by atoms with Gasteiger partial charge in [0.15, 0.2) is 17.7 Å². The molecule has 2 aliphatic rings. The number of amidine groups is 2. The average molecular weight is 282 g/mol. The van der Waals surface area contributed by atoms with E-state index in [4.69, 9.17) is 10.2 Å². The quantitative estimate of drug-likeness (QED) is 0.266. The predicted molar refractivity (Wildman–Crippen MR) is 72.4 cm³/mol. The van der Waals surface area contributed by atoms with Crippen LogP contribution in [-0.2, 0) is 0 Å². The van der Waals surface area contributed by atoms with Crippen LogP contribution in [0.4, 0.5) is 0 Å². The largest absolute Gasteiger partial charge is 0.394 e. The van der Waals surface area contributed by atoms with Crippen LogP contribution in [0.5, 0.6) is 0 Å². The molecule has 0 fully saturated rings. The molecule has 2 rings (SSSR count). The smallest absolute Gasteiger partial charge is 0.170 e. The zero-order valence-electron chi connectivity index (χ0n) is 10.3. The zero-order valence-corrected chi connectivity index (χ0v) is 10.3. The summed E-state index contributed by atoms with van der Waals surface area (Å²) < 4.78 is 0. The fraction of sp³-hybridized carbons (Fsp3) is 0.500. The summed E-state index contributed by atoms with van der Waals surface area (Å²) in [4.78, 5) is 15.8. The van der Waals surface area contributed by atoms with Crippen LogP contribution in [0.25, 0.3) is 0 Å². The number of fused-ring (bicyclic) bond motifs is 1. The Balaban J connectivity index is 1.90. The molecule has 5 N–H and O–H groups in total. The van der Waals surface area contributed by atoms with E-state index in [1.807, 2.05) is 0 Å². The van der Waals surface area contributed by atoms with Gasteiger partial charge < -0.3 is 20.4 Å². The monoisotopic (exact) mass is 282 g/mol. The summed E-state index contributed by atoms with van der Waals surface area (Å²) in [5.41, 5.74) is 2.55. The lowest BCUT2D eigenvalue weighted by Crippen LogP contribution is -2.41. The Hall–Kier alpha value is -2.01. The van der Waals surface area contributed by atoms with Gasteiger partial charge in [0.05, 0.1) is 12.8 Å². The highest BCUT2D eigenvalue weighted by molar-refractivity contribution is 6.19. The minimum Gasteiger partial charge on any atom is -0.394 e. The summed E-state index contributed by atoms with van der Waals surface area (Å²) in [6, 6.07) is -0.456. The first-order chi connectivity index (χ1) is 9.63. The second-order valence-corrected chi connectivity index (χ2v) is 4.03. The van der Waals surface area contributed by atoms with Gasteiger partial charge in [-0.1, -0.05) is 0 Å². The van der Waals surface area contributed by atoms with Crippen molar-refractivity contribution in [3.8, 4) is 0 Å². The van der Waals surface area contributed by atoms with Crippen LogP contribution in [0.2, 0.25) is 0 Å². The van der Waals surface area contributed by atoms with Crippen LogP contribution >= 0.6 is 0 Å². The molecule has 2 aliphatic heterocycles. The lowest BCUT2D eigenvalue weighted by molar-refractivity contribution is -0.0542. The van der Waals surface area contributed by atoms with Gasteiger partial charge in [0, 0.05) is 0 Å². The molecule has 0 aromatic carbocycles. The minimum absolute atomic E-state index is 0.369. The van der Waals surface area contributed by atoms with Gasteiger partial charge in [-0.05, 0) is 0 Å². The fourth-order valence-corrected chi connectivity index (χ4v) is 1.51. The van der Waals surface area contributed by atoms with Crippen molar-refractivity contribution in [2.75, 3.05) is 6.61 Å². The van der Waals surface area contributed by atoms with Crippen molar-refractivity contribution >= 4 is 30.6 Å². The number of aliphatic hydroxyl groups excluding tert-OH is 4. The molecule has 108 valence electrons. The Morgan fingerprint density at radius 3 is 2.85 bits per heavy atom. The van der Waals surface area contributed by atoms with Crippen molar-refractivity contribution in [3.05, 3.63) is 0 Å². The van der Waals surface area contributed by atoms with E-state index >= 15 is 0 Å². The van der Waals surface area contributed by atoms with Crippen molar-refractivity contribution in [2.45, 2.75) is 24.4 Å². The topological polar surface area (TPSA) is 155 Å². The number of aliphatic imine (C=N–C) groups is 4. The van der Waals surface area contributed by atoms with E-state index in [0.29, 0.717) is 11.7 Å². The summed E-state index contributed by atoms with van der Waals surface area (Å²) in [5, 5.41) is 40.4. The van der Waals surface area contributed by atoms with Crippen molar-refractivity contribution in [1.29, 1.82) is 0 Å².